The molecule has 0 radical (unpaired) electrons. The summed E-state index contributed by atoms with van der Waals surface area (Å²) in [4.78, 5) is 17.9. The summed E-state index contributed by atoms with van der Waals surface area (Å²) >= 11 is 0. The Morgan fingerprint density at radius 1 is 0.920 bits per heavy atom. The highest BCUT2D eigenvalue weighted by Gasteiger charge is 2.61. The molecule has 7 rings (SSSR count). The van der Waals surface area contributed by atoms with E-state index in [1.807, 2.05) is 19.9 Å². The van der Waals surface area contributed by atoms with Gasteiger partial charge in [0.15, 0.2) is 5.79 Å². The number of hydrogen-bond acceptors (Lipinski definition) is 9. The number of aliphatic imine (C=N–C) groups is 1. The molecule has 7 aliphatic rings. The first kappa shape index (κ1) is 36.2. The minimum atomic E-state index is -1.32. The summed E-state index contributed by atoms with van der Waals surface area (Å²) in [6, 6.07) is 0. The van der Waals surface area contributed by atoms with Crippen LogP contribution in [-0.4, -0.2) is 81.7 Å². The maximum atomic E-state index is 12.5. The van der Waals surface area contributed by atoms with Gasteiger partial charge in [-0.3, -0.25) is 4.99 Å². The number of nitrogens with zero attached hydrogens (tertiary/aromatic N) is 1. The predicted octanol–water partition coefficient (Wildman–Crippen LogP) is 6.41. The molecular formula is C41H59NO8. The van der Waals surface area contributed by atoms with Gasteiger partial charge in [0.2, 0.25) is 5.79 Å². The van der Waals surface area contributed by atoms with Crippen molar-refractivity contribution in [1.82, 2.24) is 0 Å². The molecule has 0 saturated carbocycles. The standard InChI is InChI=1S/C41H59NO8/c1-23-8-7-9-36-39(21-26(4)27(5)22-42-36)12-11-31(35-18-25(3)38(46)47-35)28(6)32(39)17-24(2)33(43)19-29-10-13-40(48-29)14-15-41(50-40)37(45)34(44)20-30(16-23)49-41/h17-18,26-27,29-30,32-35,37,43-45H,1,7-16,19-22H2,2-6H3/b24-17+. The van der Waals surface area contributed by atoms with Gasteiger partial charge in [-0.1, -0.05) is 37.6 Å². The highest BCUT2D eigenvalue weighted by molar-refractivity contribution is 5.92. The van der Waals surface area contributed by atoms with Crippen molar-refractivity contribution < 1.29 is 39.1 Å². The molecule has 12 unspecified atom stereocenters. The molecule has 50 heavy (non-hydrogen) atoms. The fraction of sp³-hybridized carbons (Fsp3) is 0.756. The zero-order valence-electron chi connectivity index (χ0n) is 30.8. The lowest BCUT2D eigenvalue weighted by Gasteiger charge is -2.47. The average Bonchev–Trinajstić information content (AvgIpc) is 3.71. The average molecular weight is 694 g/mol. The number of carbonyl (C=O) groups excluding carboxylic acids is 1. The van der Waals surface area contributed by atoms with Crippen molar-refractivity contribution in [3.8, 4) is 0 Å². The SMILES string of the molecule is C=C1CCCC2=NCC(C)C(C)CC23CCC(C2C=C(C)C(=O)O2)=C(C)C3/C=C(\C)C(O)CC2CCC3(CCC4(OC(C1)CC(O)C4O)O3)O2. The van der Waals surface area contributed by atoms with E-state index >= 15 is 0 Å². The Bertz CT molecular complexity index is 1500. The van der Waals surface area contributed by atoms with Crippen LogP contribution in [0.25, 0.3) is 0 Å². The van der Waals surface area contributed by atoms with Gasteiger partial charge in [-0.25, -0.2) is 4.79 Å². The number of fused-ring (bicyclic) bond motifs is 2. The number of hydrogen-bond donors (Lipinski definition) is 3. The lowest BCUT2D eigenvalue weighted by molar-refractivity contribution is -0.375. The van der Waals surface area contributed by atoms with Gasteiger partial charge >= 0.3 is 5.97 Å². The summed E-state index contributed by atoms with van der Waals surface area (Å²) in [5.74, 6) is -1.56. The predicted molar refractivity (Wildman–Crippen MR) is 190 cm³/mol. The fourth-order valence-electron chi connectivity index (χ4n) is 10.3. The van der Waals surface area contributed by atoms with Crippen molar-refractivity contribution in [2.45, 2.75) is 166 Å². The van der Waals surface area contributed by atoms with Crippen molar-refractivity contribution in [3.63, 3.8) is 0 Å². The number of esters is 1. The van der Waals surface area contributed by atoms with Gasteiger partial charge in [-0.15, -0.1) is 0 Å². The molecule has 276 valence electrons. The normalized spacial score (nSPS) is 47.0. The van der Waals surface area contributed by atoms with Gasteiger partial charge in [0.1, 0.15) is 12.2 Å². The maximum Gasteiger partial charge on any atom is 0.334 e. The lowest BCUT2D eigenvalue weighted by Crippen LogP contribution is -2.58. The van der Waals surface area contributed by atoms with Gasteiger partial charge in [0.05, 0.1) is 24.4 Å². The summed E-state index contributed by atoms with van der Waals surface area (Å²) in [6.45, 7) is 16.0. The first-order valence-electron chi connectivity index (χ1n) is 19.3. The van der Waals surface area contributed by atoms with E-state index in [-0.39, 0.29) is 35.6 Å². The minimum absolute atomic E-state index is 0.00447. The third kappa shape index (κ3) is 6.53. The van der Waals surface area contributed by atoms with Crippen molar-refractivity contribution in [2.75, 3.05) is 6.54 Å². The number of carbonyl (C=O) groups is 1. The van der Waals surface area contributed by atoms with Crippen LogP contribution in [0.5, 0.6) is 0 Å². The van der Waals surface area contributed by atoms with Crippen LogP contribution < -0.4 is 0 Å². The van der Waals surface area contributed by atoms with Gasteiger partial charge in [0.25, 0.3) is 0 Å². The first-order valence-corrected chi connectivity index (χ1v) is 19.3. The third-order valence-corrected chi connectivity index (χ3v) is 13.5. The Kier molecular flexibility index (Phi) is 9.92. The van der Waals surface area contributed by atoms with Gasteiger partial charge in [-0.05, 0) is 101 Å². The number of rotatable bonds is 1. The second-order valence-electron chi connectivity index (χ2n) is 17.0. The highest BCUT2D eigenvalue weighted by Crippen LogP contribution is 2.55. The van der Waals surface area contributed by atoms with E-state index in [1.54, 1.807) is 0 Å². The van der Waals surface area contributed by atoms with Crippen LogP contribution >= 0.6 is 0 Å². The van der Waals surface area contributed by atoms with Crippen LogP contribution in [0.1, 0.15) is 118 Å². The largest absolute Gasteiger partial charge is 0.450 e. The number of ether oxygens (including phenoxy) is 4. The highest BCUT2D eigenvalue weighted by atomic mass is 16.8. The first-order chi connectivity index (χ1) is 23.7. The molecule has 6 heterocycles. The van der Waals surface area contributed by atoms with E-state index in [1.165, 1.54) is 16.9 Å². The molecule has 0 aromatic rings. The van der Waals surface area contributed by atoms with Crippen LogP contribution in [0.3, 0.4) is 0 Å². The Hall–Kier alpha value is -2.14. The lowest BCUT2D eigenvalue weighted by atomic mass is 9.56. The zero-order valence-corrected chi connectivity index (χ0v) is 30.8. The van der Waals surface area contributed by atoms with E-state index in [0.717, 1.165) is 62.6 Å². The molecule has 4 bridgehead atoms. The van der Waals surface area contributed by atoms with E-state index in [0.29, 0.717) is 55.9 Å². The smallest absolute Gasteiger partial charge is 0.334 e. The van der Waals surface area contributed by atoms with Crippen molar-refractivity contribution in [2.24, 2.45) is 28.2 Å². The second kappa shape index (κ2) is 13.7. The fourth-order valence-corrected chi connectivity index (χ4v) is 10.3. The summed E-state index contributed by atoms with van der Waals surface area (Å²) < 4.78 is 25.6. The zero-order chi connectivity index (χ0) is 35.6. The molecule has 3 fully saturated rings. The number of cyclic esters (lactones) is 1. The molecule has 3 spiro atoms. The Morgan fingerprint density at radius 2 is 1.72 bits per heavy atom. The topological polar surface area (TPSA) is 127 Å². The van der Waals surface area contributed by atoms with Gasteiger partial charge < -0.3 is 34.3 Å². The quantitative estimate of drug-likeness (QED) is 0.213. The summed E-state index contributed by atoms with van der Waals surface area (Å²) in [5.41, 5.74) is 6.06. The Morgan fingerprint density at radius 3 is 2.48 bits per heavy atom. The van der Waals surface area contributed by atoms with Crippen LogP contribution in [0.4, 0.5) is 0 Å². The van der Waals surface area contributed by atoms with Crippen LogP contribution in [0.15, 0.2) is 51.6 Å². The summed E-state index contributed by atoms with van der Waals surface area (Å²) in [7, 11) is 0. The van der Waals surface area contributed by atoms with Crippen molar-refractivity contribution >= 4 is 11.7 Å². The molecule has 12 atom stereocenters. The van der Waals surface area contributed by atoms with E-state index in [4.69, 9.17) is 23.9 Å². The van der Waals surface area contributed by atoms with E-state index in [2.05, 4.69) is 33.4 Å². The Balaban J connectivity index is 1.26. The molecule has 3 N–H and O–H groups in total. The second-order valence-corrected chi connectivity index (χ2v) is 17.0. The summed E-state index contributed by atoms with van der Waals surface area (Å²) in [5, 5.41) is 33.9. The molecule has 1 aliphatic carbocycles. The van der Waals surface area contributed by atoms with Gasteiger partial charge in [-0.2, -0.15) is 0 Å². The monoisotopic (exact) mass is 693 g/mol. The van der Waals surface area contributed by atoms with Gasteiger partial charge in [0, 0.05) is 61.3 Å². The molecule has 9 nitrogen and oxygen atoms in total. The molecule has 6 aliphatic heterocycles. The van der Waals surface area contributed by atoms with E-state index in [9.17, 15) is 20.1 Å². The maximum absolute atomic E-state index is 12.5. The molecule has 9 heteroatoms. The molecule has 0 aromatic heterocycles. The van der Waals surface area contributed by atoms with Crippen LogP contribution in [0.2, 0.25) is 0 Å². The number of allylic oxidation sites excluding steroid dienone is 2. The van der Waals surface area contributed by atoms with Crippen molar-refractivity contribution in [3.05, 3.63) is 46.6 Å². The summed E-state index contributed by atoms with van der Waals surface area (Å²) in [6.07, 6.45) is 9.54. The number of aliphatic hydroxyl groups excluding tert-OH is 3. The number of aliphatic hydroxyl groups is 3. The Labute approximate surface area is 297 Å². The van der Waals surface area contributed by atoms with Crippen LogP contribution in [-0.2, 0) is 23.7 Å². The third-order valence-electron chi connectivity index (χ3n) is 13.5. The molecule has 0 aromatic carbocycles. The molecule has 0 amide bonds. The van der Waals surface area contributed by atoms with Crippen LogP contribution in [0, 0.1) is 23.2 Å². The molecule has 3 saturated heterocycles. The van der Waals surface area contributed by atoms with Crippen molar-refractivity contribution in [1.29, 1.82) is 0 Å². The van der Waals surface area contributed by atoms with E-state index < -0.39 is 29.9 Å². The minimum Gasteiger partial charge on any atom is -0.450 e. The molecular weight excluding hydrogens is 634 g/mol.